The smallest absolute Gasteiger partial charge is 0.227 e. The number of rotatable bonds is 10. The lowest BCUT2D eigenvalue weighted by Gasteiger charge is -2.51. The Hall–Kier alpha value is -2.32. The molecule has 238 valence electrons. The molecule has 2 atom stereocenters. The minimum atomic E-state index is -2.19. The Morgan fingerprint density at radius 1 is 1.07 bits per heavy atom. The number of fused-ring (bicyclic) bond motifs is 1. The molecule has 11 heteroatoms. The van der Waals surface area contributed by atoms with E-state index in [0.717, 1.165) is 18.2 Å². The number of halogens is 2. The monoisotopic (exact) mass is 634 g/mol. The maximum atomic E-state index is 15.5. The van der Waals surface area contributed by atoms with Crippen LogP contribution < -0.4 is 19.7 Å². The summed E-state index contributed by atoms with van der Waals surface area (Å²) in [7, 11) is -2.72. The average molecular weight is 635 g/mol. The molecular weight excluding hydrogens is 587 g/mol. The minimum Gasteiger partial charge on any atom is -0.497 e. The number of anilines is 1. The summed E-state index contributed by atoms with van der Waals surface area (Å²) < 4.78 is 56.3. The number of carbonyl (C=O) groups excluding carboxylic acids is 1. The molecule has 0 spiro atoms. The van der Waals surface area contributed by atoms with E-state index >= 15 is 8.78 Å². The molecule has 0 saturated carbocycles. The third-order valence-corrected chi connectivity index (χ3v) is 14.3. The molecule has 0 aliphatic carbocycles. The number of ether oxygens (including phenoxy) is 2. The highest BCUT2D eigenvalue weighted by atomic mass is 28.4. The first kappa shape index (κ1) is 33.6. The van der Waals surface area contributed by atoms with Crippen LogP contribution in [0.5, 0.6) is 11.5 Å². The number of hydrogen-bond donors (Lipinski definition) is 1. The highest BCUT2D eigenvalue weighted by Crippen LogP contribution is 2.43. The first-order valence-electron chi connectivity index (χ1n) is 15.1. The van der Waals surface area contributed by atoms with Crippen LogP contribution in [0, 0.1) is 11.6 Å². The van der Waals surface area contributed by atoms with Crippen LogP contribution in [-0.2, 0) is 26.6 Å². The summed E-state index contributed by atoms with van der Waals surface area (Å²) in [5.74, 6) is -1.45. The molecule has 1 amide bonds. The fourth-order valence-corrected chi connectivity index (χ4v) is 8.41. The van der Waals surface area contributed by atoms with Crippen LogP contribution in [-0.4, -0.2) is 61.1 Å². The molecule has 1 N–H and O–H groups in total. The van der Waals surface area contributed by atoms with Crippen molar-refractivity contribution < 1.29 is 31.9 Å². The van der Waals surface area contributed by atoms with E-state index in [1.165, 1.54) is 4.90 Å². The highest BCUT2D eigenvalue weighted by molar-refractivity contribution is 6.74. The van der Waals surface area contributed by atoms with Crippen LogP contribution in [0.3, 0.4) is 0 Å². The molecule has 2 aliphatic rings. The molecule has 2 aliphatic heterocycles. The molecular formula is C32H48F2N2O5Si2. The number of carbonyl (C=O) groups is 1. The number of nitrogens with zero attached hydrogens (tertiary/aromatic N) is 1. The number of nitrogens with one attached hydrogen (secondary N) is 1. The van der Waals surface area contributed by atoms with Crippen LogP contribution in [0.25, 0.3) is 0 Å². The first-order valence-corrected chi connectivity index (χ1v) is 21.4. The average Bonchev–Trinajstić information content (AvgIpc) is 2.91. The van der Waals surface area contributed by atoms with Crippen molar-refractivity contribution in [2.75, 3.05) is 31.7 Å². The summed E-state index contributed by atoms with van der Waals surface area (Å²) in [6.45, 7) is 19.1. The predicted molar refractivity (Wildman–Crippen MR) is 171 cm³/mol. The van der Waals surface area contributed by atoms with Crippen molar-refractivity contribution in [3.8, 4) is 11.5 Å². The van der Waals surface area contributed by atoms with E-state index in [9.17, 15) is 4.79 Å². The van der Waals surface area contributed by atoms with Gasteiger partial charge in [-0.1, -0.05) is 32.9 Å². The zero-order chi connectivity index (χ0) is 31.8. The number of benzene rings is 2. The number of piperidine rings is 1. The maximum absolute atomic E-state index is 15.5. The van der Waals surface area contributed by atoms with Gasteiger partial charge in [0.25, 0.3) is 0 Å². The van der Waals surface area contributed by atoms with Crippen molar-refractivity contribution >= 4 is 28.2 Å². The van der Waals surface area contributed by atoms with Gasteiger partial charge in [0.2, 0.25) is 5.91 Å². The van der Waals surface area contributed by atoms with Gasteiger partial charge in [-0.2, -0.15) is 0 Å². The summed E-state index contributed by atoms with van der Waals surface area (Å²) >= 11 is 0. The third-order valence-electron chi connectivity index (χ3n) is 8.78. The van der Waals surface area contributed by atoms with Crippen molar-refractivity contribution in [2.24, 2.45) is 0 Å². The Morgan fingerprint density at radius 2 is 1.74 bits per heavy atom. The Balaban J connectivity index is 1.69. The molecule has 0 bridgehead atoms. The Morgan fingerprint density at radius 3 is 2.35 bits per heavy atom. The molecule has 4 rings (SSSR count). The SMILES string of the molecule is COc1ccc(CN2C(=O)CCc3c(OC[C@]4(O[Si](C)(C)C)CCNC[C@H]4O[Si](C)(C)C(C)(C)C)cc(F)c(F)c32)cc1. The van der Waals surface area contributed by atoms with E-state index in [4.69, 9.17) is 18.3 Å². The zero-order valence-corrected chi connectivity index (χ0v) is 29.2. The normalized spacial score (nSPS) is 21.5. The van der Waals surface area contributed by atoms with E-state index in [0.29, 0.717) is 24.3 Å². The molecule has 0 radical (unpaired) electrons. The number of hydrogen-bond acceptors (Lipinski definition) is 6. The molecule has 2 aromatic carbocycles. The molecule has 7 nitrogen and oxygen atoms in total. The second kappa shape index (κ2) is 12.6. The van der Waals surface area contributed by atoms with Gasteiger partial charge in [-0.05, 0) is 74.9 Å². The lowest BCUT2D eigenvalue weighted by Crippen LogP contribution is -2.65. The standard InChI is InChI=1S/C32H48F2N2O5Si2/c1-31(2,3)43(8,9)40-27-19-35-17-16-32(27,41-42(5,6)7)21-39-26-18-25(33)29(34)30-24(26)14-15-28(37)36(30)20-22-10-12-23(38-4)13-11-22/h10-13,18,27,35H,14-17,19-21H2,1-9H3/t27-,32-/m1/s1. The lowest BCUT2D eigenvalue weighted by molar-refractivity contribution is -0.119. The first-order chi connectivity index (χ1) is 20.0. The van der Waals surface area contributed by atoms with Crippen molar-refractivity contribution in [2.45, 2.75) is 96.1 Å². The largest absolute Gasteiger partial charge is 0.497 e. The zero-order valence-electron chi connectivity index (χ0n) is 27.2. The van der Waals surface area contributed by atoms with Crippen molar-refractivity contribution in [1.82, 2.24) is 5.32 Å². The van der Waals surface area contributed by atoms with Crippen molar-refractivity contribution in [1.29, 1.82) is 0 Å². The molecule has 1 fully saturated rings. The molecule has 1 saturated heterocycles. The van der Waals surface area contributed by atoms with Gasteiger partial charge >= 0.3 is 0 Å². The predicted octanol–water partition coefficient (Wildman–Crippen LogP) is 6.81. The van der Waals surface area contributed by atoms with Crippen LogP contribution in [0.2, 0.25) is 37.8 Å². The Kier molecular flexibility index (Phi) is 9.83. The molecule has 43 heavy (non-hydrogen) atoms. The van der Waals surface area contributed by atoms with Gasteiger partial charge in [-0.15, -0.1) is 0 Å². The summed E-state index contributed by atoms with van der Waals surface area (Å²) in [5, 5.41) is 3.47. The van der Waals surface area contributed by atoms with E-state index in [-0.39, 0.29) is 54.5 Å². The highest BCUT2D eigenvalue weighted by Gasteiger charge is 2.50. The molecule has 2 heterocycles. The van der Waals surface area contributed by atoms with Gasteiger partial charge in [0.1, 0.15) is 23.7 Å². The minimum absolute atomic E-state index is 0.00472. The van der Waals surface area contributed by atoms with Crippen LogP contribution >= 0.6 is 0 Å². The van der Waals surface area contributed by atoms with Crippen molar-refractivity contribution in [3.05, 3.63) is 53.1 Å². The van der Waals surface area contributed by atoms with E-state index in [1.807, 2.05) is 12.1 Å². The Bertz CT molecular complexity index is 1310. The lowest BCUT2D eigenvalue weighted by atomic mass is 9.90. The second-order valence-electron chi connectivity index (χ2n) is 14.2. The van der Waals surface area contributed by atoms with Gasteiger partial charge < -0.3 is 28.5 Å². The van der Waals surface area contributed by atoms with E-state index < -0.39 is 33.9 Å². The van der Waals surface area contributed by atoms with E-state index in [1.54, 1.807) is 19.2 Å². The van der Waals surface area contributed by atoms with Gasteiger partial charge in [0.15, 0.2) is 28.3 Å². The Labute approximate surface area is 257 Å². The summed E-state index contributed by atoms with van der Waals surface area (Å²) in [4.78, 5) is 14.4. The second-order valence-corrected chi connectivity index (χ2v) is 23.4. The van der Waals surface area contributed by atoms with E-state index in [2.05, 4.69) is 58.8 Å². The fraction of sp³-hybridized carbons (Fsp3) is 0.594. The number of methoxy groups -OCH3 is 1. The van der Waals surface area contributed by atoms with Gasteiger partial charge in [0.05, 0.1) is 25.4 Å². The molecule has 0 aromatic heterocycles. The summed E-state index contributed by atoms with van der Waals surface area (Å²) in [5.41, 5.74) is 0.444. The molecule has 0 unspecified atom stereocenters. The quantitative estimate of drug-likeness (QED) is 0.290. The third kappa shape index (κ3) is 7.50. The summed E-state index contributed by atoms with van der Waals surface area (Å²) in [6.07, 6.45) is 0.808. The maximum Gasteiger partial charge on any atom is 0.227 e. The molecule has 2 aromatic rings. The van der Waals surface area contributed by atoms with Crippen LogP contribution in [0.15, 0.2) is 30.3 Å². The van der Waals surface area contributed by atoms with Gasteiger partial charge in [0, 0.05) is 24.6 Å². The van der Waals surface area contributed by atoms with Crippen molar-refractivity contribution in [3.63, 3.8) is 0 Å². The van der Waals surface area contributed by atoms with Gasteiger partial charge in [-0.3, -0.25) is 4.79 Å². The fourth-order valence-electron chi connectivity index (χ4n) is 5.53. The van der Waals surface area contributed by atoms with Crippen LogP contribution in [0.1, 0.15) is 44.7 Å². The number of amides is 1. The topological polar surface area (TPSA) is 69.3 Å². The summed E-state index contributed by atoms with van der Waals surface area (Å²) in [6, 6.07) is 8.29. The van der Waals surface area contributed by atoms with Crippen LogP contribution in [0.4, 0.5) is 14.5 Å². The van der Waals surface area contributed by atoms with Gasteiger partial charge in [-0.25, -0.2) is 8.78 Å².